The van der Waals surface area contributed by atoms with E-state index in [2.05, 4.69) is 36.3 Å². The third-order valence-electron chi connectivity index (χ3n) is 5.53. The molecule has 1 amide bonds. The maximum atomic E-state index is 13.3. The minimum atomic E-state index is 0.139. The molecule has 3 heterocycles. The van der Waals surface area contributed by atoms with Crippen LogP contribution >= 0.6 is 0 Å². The van der Waals surface area contributed by atoms with Crippen molar-refractivity contribution in [3.63, 3.8) is 0 Å². The fourth-order valence-corrected chi connectivity index (χ4v) is 4.25. The highest BCUT2D eigenvalue weighted by molar-refractivity contribution is 5.99. The van der Waals surface area contributed by atoms with Crippen molar-refractivity contribution in [3.8, 4) is 5.75 Å². The summed E-state index contributed by atoms with van der Waals surface area (Å²) in [4.78, 5) is 19.3. The van der Waals surface area contributed by atoms with Crippen LogP contribution in [-0.4, -0.2) is 48.1 Å². The first kappa shape index (κ1) is 17.0. The molecule has 2 atom stereocenters. The van der Waals surface area contributed by atoms with Crippen LogP contribution < -0.4 is 10.1 Å². The summed E-state index contributed by atoms with van der Waals surface area (Å²) >= 11 is 0. The molecule has 0 saturated carbocycles. The molecule has 1 saturated heterocycles. The van der Waals surface area contributed by atoms with Crippen LogP contribution in [0.25, 0.3) is 0 Å². The van der Waals surface area contributed by atoms with E-state index in [1.54, 1.807) is 12.4 Å². The van der Waals surface area contributed by atoms with Gasteiger partial charge in [-0.3, -0.25) is 9.78 Å². The van der Waals surface area contributed by atoms with Gasteiger partial charge in [-0.15, -0.1) is 0 Å². The minimum Gasteiger partial charge on any atom is -0.490 e. The highest BCUT2D eigenvalue weighted by Gasteiger charge is 2.42. The van der Waals surface area contributed by atoms with Gasteiger partial charge in [0.2, 0.25) is 0 Å². The van der Waals surface area contributed by atoms with Crippen molar-refractivity contribution < 1.29 is 9.53 Å². The molecular weight excluding hydrogens is 326 g/mol. The summed E-state index contributed by atoms with van der Waals surface area (Å²) in [7, 11) is 0. The first-order chi connectivity index (χ1) is 12.7. The Labute approximate surface area is 154 Å². The molecule has 1 aromatic carbocycles. The van der Waals surface area contributed by atoms with Gasteiger partial charge < -0.3 is 15.0 Å². The van der Waals surface area contributed by atoms with Gasteiger partial charge in [0.25, 0.3) is 5.91 Å². The molecule has 4 rings (SSSR count). The molecule has 1 N–H and O–H groups in total. The van der Waals surface area contributed by atoms with Gasteiger partial charge in [-0.1, -0.05) is 19.1 Å². The summed E-state index contributed by atoms with van der Waals surface area (Å²) in [6.45, 7) is 7.06. The van der Waals surface area contributed by atoms with E-state index in [1.807, 2.05) is 17.0 Å². The third-order valence-corrected chi connectivity index (χ3v) is 5.53. The molecular formula is C21H25N3O2. The second-order valence-electron chi connectivity index (χ2n) is 7.10. The summed E-state index contributed by atoms with van der Waals surface area (Å²) in [5.41, 5.74) is 4.53. The van der Waals surface area contributed by atoms with Crippen molar-refractivity contribution in [2.75, 3.05) is 26.2 Å². The predicted octanol–water partition coefficient (Wildman–Crippen LogP) is 2.54. The van der Waals surface area contributed by atoms with E-state index < -0.39 is 0 Å². The quantitative estimate of drug-likeness (QED) is 0.899. The Hall–Kier alpha value is -2.40. The number of amides is 1. The van der Waals surface area contributed by atoms with E-state index in [4.69, 9.17) is 4.74 Å². The van der Waals surface area contributed by atoms with Gasteiger partial charge in [0.15, 0.2) is 0 Å². The molecule has 0 unspecified atom stereocenters. The van der Waals surface area contributed by atoms with E-state index in [-0.39, 0.29) is 11.9 Å². The lowest BCUT2D eigenvalue weighted by Gasteiger charge is -2.39. The molecule has 0 spiro atoms. The van der Waals surface area contributed by atoms with E-state index in [1.165, 1.54) is 11.1 Å². The predicted molar refractivity (Wildman–Crippen MR) is 101 cm³/mol. The molecule has 5 nitrogen and oxygen atoms in total. The minimum absolute atomic E-state index is 0.139. The third kappa shape index (κ3) is 2.97. The zero-order valence-corrected chi connectivity index (χ0v) is 15.4. The number of fused-ring (bicyclic) bond motifs is 3. The lowest BCUT2D eigenvalue weighted by Crippen LogP contribution is -2.50. The Morgan fingerprint density at radius 3 is 3.00 bits per heavy atom. The van der Waals surface area contributed by atoms with Crippen LogP contribution in [0.15, 0.2) is 36.7 Å². The van der Waals surface area contributed by atoms with Crippen molar-refractivity contribution in [2.24, 2.45) is 0 Å². The summed E-state index contributed by atoms with van der Waals surface area (Å²) in [5.74, 6) is 1.24. The van der Waals surface area contributed by atoms with Gasteiger partial charge >= 0.3 is 0 Å². The van der Waals surface area contributed by atoms with Crippen LogP contribution in [0.3, 0.4) is 0 Å². The van der Waals surface area contributed by atoms with Gasteiger partial charge in [0.1, 0.15) is 12.4 Å². The Kier molecular flexibility index (Phi) is 4.64. The normalized spacial score (nSPS) is 21.5. The summed E-state index contributed by atoms with van der Waals surface area (Å²) in [6, 6.07) is 8.34. The average Bonchev–Trinajstić information content (AvgIpc) is 3.14. The fourth-order valence-electron chi connectivity index (χ4n) is 4.25. The van der Waals surface area contributed by atoms with Crippen LogP contribution in [0.2, 0.25) is 0 Å². The van der Waals surface area contributed by atoms with Gasteiger partial charge in [0.05, 0.1) is 18.8 Å². The van der Waals surface area contributed by atoms with Crippen molar-refractivity contribution in [2.45, 2.75) is 32.2 Å². The van der Waals surface area contributed by atoms with E-state index in [0.717, 1.165) is 36.4 Å². The number of benzene rings is 1. The molecule has 2 aromatic rings. The zero-order valence-electron chi connectivity index (χ0n) is 15.4. The Morgan fingerprint density at radius 1 is 1.35 bits per heavy atom. The summed E-state index contributed by atoms with van der Waals surface area (Å²) in [5, 5.41) is 3.48. The summed E-state index contributed by atoms with van der Waals surface area (Å²) in [6.07, 6.45) is 4.42. The number of nitrogens with one attached hydrogen (secondary N) is 1. The number of pyridine rings is 1. The molecule has 2 aliphatic heterocycles. The molecule has 0 bridgehead atoms. The number of aromatic nitrogens is 1. The van der Waals surface area contributed by atoms with Crippen LogP contribution in [-0.2, 0) is 6.42 Å². The van der Waals surface area contributed by atoms with Crippen LogP contribution in [0, 0.1) is 6.92 Å². The smallest absolute Gasteiger partial charge is 0.254 e. The van der Waals surface area contributed by atoms with E-state index in [0.29, 0.717) is 19.1 Å². The molecule has 136 valence electrons. The number of ether oxygens (including phenoxy) is 1. The monoisotopic (exact) mass is 351 g/mol. The standard InChI is InChI=1S/C21H25N3O2/c1-3-15-9-14(2)20-17(10-15)18-12-23-13-19(18)24(21(20)25)7-8-26-16-5-4-6-22-11-16/h4-6,9-11,18-19,23H,3,7-8,12-13H2,1-2H3/t18-,19+/m0/s1. The van der Waals surface area contributed by atoms with Gasteiger partial charge in [-0.2, -0.15) is 0 Å². The molecule has 1 aromatic heterocycles. The Morgan fingerprint density at radius 2 is 2.23 bits per heavy atom. The van der Waals surface area contributed by atoms with Crippen LogP contribution in [0.1, 0.15) is 39.9 Å². The second-order valence-corrected chi connectivity index (χ2v) is 7.10. The maximum Gasteiger partial charge on any atom is 0.254 e. The van der Waals surface area contributed by atoms with Gasteiger partial charge in [-0.25, -0.2) is 0 Å². The van der Waals surface area contributed by atoms with Crippen molar-refractivity contribution in [1.82, 2.24) is 15.2 Å². The number of nitrogens with zero attached hydrogens (tertiary/aromatic N) is 2. The Balaban J connectivity index is 1.58. The van der Waals surface area contributed by atoms with E-state index in [9.17, 15) is 4.79 Å². The molecule has 2 aliphatic rings. The topological polar surface area (TPSA) is 54.5 Å². The van der Waals surface area contributed by atoms with Crippen molar-refractivity contribution in [3.05, 3.63) is 58.9 Å². The number of carbonyl (C=O) groups excluding carboxylic acids is 1. The number of carbonyl (C=O) groups is 1. The lowest BCUT2D eigenvalue weighted by atomic mass is 9.81. The van der Waals surface area contributed by atoms with Crippen molar-refractivity contribution >= 4 is 5.91 Å². The molecule has 1 fully saturated rings. The highest BCUT2D eigenvalue weighted by Crippen LogP contribution is 2.37. The molecule has 26 heavy (non-hydrogen) atoms. The SMILES string of the molecule is CCc1cc(C)c2c(c1)[C@@H]1CNC[C@H]1N(CCOc1cccnc1)C2=O. The maximum absolute atomic E-state index is 13.3. The van der Waals surface area contributed by atoms with Crippen LogP contribution in [0.4, 0.5) is 0 Å². The number of rotatable bonds is 5. The second kappa shape index (κ2) is 7.08. The zero-order chi connectivity index (χ0) is 18.1. The van der Waals surface area contributed by atoms with Gasteiger partial charge in [0, 0.05) is 30.8 Å². The first-order valence-corrected chi connectivity index (χ1v) is 9.37. The highest BCUT2D eigenvalue weighted by atomic mass is 16.5. The Bertz CT molecular complexity index is 806. The number of aryl methyl sites for hydroxylation is 2. The first-order valence-electron chi connectivity index (χ1n) is 9.37. The molecule has 0 radical (unpaired) electrons. The summed E-state index contributed by atoms with van der Waals surface area (Å²) < 4.78 is 5.78. The van der Waals surface area contributed by atoms with Crippen LogP contribution in [0.5, 0.6) is 5.75 Å². The average molecular weight is 351 g/mol. The molecule has 5 heteroatoms. The number of hydrogen-bond acceptors (Lipinski definition) is 4. The lowest BCUT2D eigenvalue weighted by molar-refractivity contribution is 0.0613. The molecule has 0 aliphatic carbocycles. The van der Waals surface area contributed by atoms with E-state index >= 15 is 0 Å². The number of hydrogen-bond donors (Lipinski definition) is 1. The van der Waals surface area contributed by atoms with Gasteiger partial charge in [-0.05, 0) is 42.2 Å². The fraction of sp³-hybridized carbons (Fsp3) is 0.429. The largest absolute Gasteiger partial charge is 0.490 e. The van der Waals surface area contributed by atoms with Crippen molar-refractivity contribution in [1.29, 1.82) is 0 Å².